The third-order valence-electron chi connectivity index (χ3n) is 5.15. The molecule has 0 bridgehead atoms. The van der Waals surface area contributed by atoms with E-state index in [-0.39, 0.29) is 5.24 Å². The Hall–Kier alpha value is -1.20. The molecule has 0 N–H and O–H groups in total. The van der Waals surface area contributed by atoms with Gasteiger partial charge in [-0.05, 0) is 38.4 Å². The van der Waals surface area contributed by atoms with E-state index < -0.39 is 0 Å². The molecular formula is C18H27N3OS. The Bertz CT molecular complexity index is 516. The molecular weight excluding hydrogens is 306 g/mol. The third-order valence-corrected chi connectivity index (χ3v) is 6.57. The number of para-hydroxylation sites is 1. The first-order chi connectivity index (χ1) is 11.1. The third kappa shape index (κ3) is 4.01. The summed E-state index contributed by atoms with van der Waals surface area (Å²) in [7, 11) is 1.92. The van der Waals surface area contributed by atoms with Gasteiger partial charge in [0.05, 0.1) is 0 Å². The monoisotopic (exact) mass is 333 g/mol. The number of hydrogen-bond donors (Lipinski definition) is 0. The van der Waals surface area contributed by atoms with E-state index in [9.17, 15) is 4.79 Å². The van der Waals surface area contributed by atoms with Gasteiger partial charge < -0.3 is 9.80 Å². The van der Waals surface area contributed by atoms with Crippen molar-refractivity contribution in [1.29, 1.82) is 0 Å². The molecule has 126 valence electrons. The molecule has 0 saturated carbocycles. The van der Waals surface area contributed by atoms with Gasteiger partial charge in [0.25, 0.3) is 5.24 Å². The van der Waals surface area contributed by atoms with Crippen molar-refractivity contribution >= 4 is 22.7 Å². The molecule has 0 spiro atoms. The first-order valence-corrected chi connectivity index (χ1v) is 9.49. The van der Waals surface area contributed by atoms with Crippen LogP contribution in [0.5, 0.6) is 0 Å². The van der Waals surface area contributed by atoms with Crippen molar-refractivity contribution in [2.75, 3.05) is 44.7 Å². The Labute approximate surface area is 143 Å². The van der Waals surface area contributed by atoms with Gasteiger partial charge in [-0.1, -0.05) is 30.0 Å². The van der Waals surface area contributed by atoms with E-state index in [1.54, 1.807) is 0 Å². The van der Waals surface area contributed by atoms with Gasteiger partial charge in [-0.2, -0.15) is 0 Å². The maximum absolute atomic E-state index is 11.7. The molecule has 2 fully saturated rings. The van der Waals surface area contributed by atoms with E-state index in [4.69, 9.17) is 0 Å². The highest BCUT2D eigenvalue weighted by molar-refractivity contribution is 8.14. The van der Waals surface area contributed by atoms with Crippen LogP contribution in [0.15, 0.2) is 30.3 Å². The smallest absolute Gasteiger partial charge is 0.281 e. The number of piperazine rings is 1. The minimum Gasteiger partial charge on any atom is -0.369 e. The first kappa shape index (κ1) is 16.7. The molecule has 0 aliphatic carbocycles. The van der Waals surface area contributed by atoms with Crippen LogP contribution in [0.25, 0.3) is 0 Å². The molecule has 2 aliphatic heterocycles. The summed E-state index contributed by atoms with van der Waals surface area (Å²) in [5.74, 6) is 0. The zero-order chi connectivity index (χ0) is 16.2. The topological polar surface area (TPSA) is 26.8 Å². The second-order valence-electron chi connectivity index (χ2n) is 6.58. The highest BCUT2D eigenvalue weighted by atomic mass is 32.2. The Kier molecular flexibility index (Phi) is 5.49. The summed E-state index contributed by atoms with van der Waals surface area (Å²) in [4.78, 5) is 18.6. The van der Waals surface area contributed by atoms with Crippen LogP contribution in [-0.4, -0.2) is 66.1 Å². The number of carbonyl (C=O) groups excluding carboxylic acids is 1. The molecule has 4 nitrogen and oxygen atoms in total. The molecule has 1 aromatic rings. The van der Waals surface area contributed by atoms with Crippen LogP contribution in [0.2, 0.25) is 0 Å². The Morgan fingerprint density at radius 3 is 2.43 bits per heavy atom. The predicted octanol–water partition coefficient (Wildman–Crippen LogP) is 3.14. The number of hydrogen-bond acceptors (Lipinski definition) is 4. The van der Waals surface area contributed by atoms with Crippen molar-refractivity contribution in [3.05, 3.63) is 30.3 Å². The zero-order valence-corrected chi connectivity index (χ0v) is 15.0. The lowest BCUT2D eigenvalue weighted by Gasteiger charge is -2.36. The number of nitrogens with zero attached hydrogens (tertiary/aromatic N) is 3. The molecule has 2 unspecified atom stereocenters. The number of amides is 1. The van der Waals surface area contributed by atoms with E-state index in [1.807, 2.05) is 11.9 Å². The van der Waals surface area contributed by atoms with Gasteiger partial charge in [-0.15, -0.1) is 0 Å². The average molecular weight is 334 g/mol. The molecule has 1 amide bonds. The Balaban J connectivity index is 1.38. The summed E-state index contributed by atoms with van der Waals surface area (Å²) in [6, 6.07) is 11.1. The summed E-state index contributed by atoms with van der Waals surface area (Å²) < 4.78 is 0. The summed E-state index contributed by atoms with van der Waals surface area (Å²) in [5.41, 5.74) is 1.34. The van der Waals surface area contributed by atoms with Crippen LogP contribution in [0, 0.1) is 0 Å². The van der Waals surface area contributed by atoms with Crippen molar-refractivity contribution in [1.82, 2.24) is 9.80 Å². The minimum absolute atomic E-state index is 0.235. The maximum atomic E-state index is 11.7. The highest BCUT2D eigenvalue weighted by Crippen LogP contribution is 2.33. The van der Waals surface area contributed by atoms with E-state index in [1.165, 1.54) is 23.9 Å². The van der Waals surface area contributed by atoms with Gasteiger partial charge in [0.1, 0.15) is 0 Å². The second-order valence-corrected chi connectivity index (χ2v) is 7.77. The van der Waals surface area contributed by atoms with Gasteiger partial charge in [0.2, 0.25) is 0 Å². The van der Waals surface area contributed by atoms with Crippen LogP contribution in [0.4, 0.5) is 10.5 Å². The Morgan fingerprint density at radius 1 is 1.13 bits per heavy atom. The molecule has 0 radical (unpaired) electrons. The molecule has 5 heteroatoms. The van der Waals surface area contributed by atoms with Crippen molar-refractivity contribution in [2.45, 2.75) is 31.1 Å². The molecule has 0 aromatic heterocycles. The number of anilines is 1. The van der Waals surface area contributed by atoms with Crippen molar-refractivity contribution in [3.8, 4) is 0 Å². The van der Waals surface area contributed by atoms with E-state index >= 15 is 0 Å². The van der Waals surface area contributed by atoms with E-state index in [0.717, 1.165) is 39.1 Å². The molecule has 23 heavy (non-hydrogen) atoms. The molecule has 2 saturated heterocycles. The number of carbonyl (C=O) groups is 1. The summed E-state index contributed by atoms with van der Waals surface area (Å²) >= 11 is 1.53. The minimum atomic E-state index is 0.235. The fourth-order valence-electron chi connectivity index (χ4n) is 3.41. The van der Waals surface area contributed by atoms with Gasteiger partial charge in [-0.3, -0.25) is 9.69 Å². The van der Waals surface area contributed by atoms with Crippen molar-refractivity contribution in [2.24, 2.45) is 0 Å². The predicted molar refractivity (Wildman–Crippen MR) is 98.3 cm³/mol. The van der Waals surface area contributed by atoms with Gasteiger partial charge in [0, 0.05) is 50.2 Å². The van der Waals surface area contributed by atoms with Crippen LogP contribution < -0.4 is 4.90 Å². The summed E-state index contributed by atoms with van der Waals surface area (Å²) in [5, 5.41) is 0.706. The molecule has 2 heterocycles. The highest BCUT2D eigenvalue weighted by Gasteiger charge is 2.34. The van der Waals surface area contributed by atoms with Gasteiger partial charge in [0.15, 0.2) is 0 Å². The van der Waals surface area contributed by atoms with Crippen molar-refractivity contribution < 1.29 is 4.79 Å². The van der Waals surface area contributed by atoms with Crippen LogP contribution in [-0.2, 0) is 0 Å². The first-order valence-electron chi connectivity index (χ1n) is 8.61. The van der Waals surface area contributed by atoms with E-state index in [2.05, 4.69) is 47.1 Å². The van der Waals surface area contributed by atoms with Crippen LogP contribution in [0.1, 0.15) is 19.8 Å². The molecule has 3 rings (SSSR count). The number of thioether (sulfide) groups is 1. The lowest BCUT2D eigenvalue weighted by atomic mass is 10.1. The lowest BCUT2D eigenvalue weighted by Crippen LogP contribution is -2.46. The molecule has 2 atom stereocenters. The fourth-order valence-corrected chi connectivity index (χ4v) is 4.67. The summed E-state index contributed by atoms with van der Waals surface area (Å²) in [6.45, 7) is 7.83. The SMILES string of the molecule is CC1C(CCCN2CCN(c3ccccc3)CC2)SC(=O)N1C. The largest absolute Gasteiger partial charge is 0.369 e. The van der Waals surface area contributed by atoms with Gasteiger partial charge >= 0.3 is 0 Å². The summed E-state index contributed by atoms with van der Waals surface area (Å²) in [6.07, 6.45) is 2.33. The second kappa shape index (κ2) is 7.58. The van der Waals surface area contributed by atoms with Gasteiger partial charge in [-0.25, -0.2) is 0 Å². The Morgan fingerprint density at radius 2 is 1.83 bits per heavy atom. The quantitative estimate of drug-likeness (QED) is 0.827. The normalized spacial score (nSPS) is 26.1. The number of rotatable bonds is 5. The molecule has 1 aromatic carbocycles. The molecule has 2 aliphatic rings. The standard InChI is InChI=1S/C18H27N3OS/c1-15-17(23-18(22)19(15)2)9-6-10-20-11-13-21(14-12-20)16-7-4-3-5-8-16/h3-5,7-8,15,17H,6,9-14H2,1-2H3. The number of benzene rings is 1. The van der Waals surface area contributed by atoms with E-state index in [0.29, 0.717) is 11.3 Å². The fraction of sp³-hybridized carbons (Fsp3) is 0.611. The maximum Gasteiger partial charge on any atom is 0.281 e. The lowest BCUT2D eigenvalue weighted by molar-refractivity contribution is 0.222. The van der Waals surface area contributed by atoms with Crippen molar-refractivity contribution in [3.63, 3.8) is 0 Å². The van der Waals surface area contributed by atoms with Crippen LogP contribution >= 0.6 is 11.8 Å². The van der Waals surface area contributed by atoms with Crippen LogP contribution in [0.3, 0.4) is 0 Å². The average Bonchev–Trinajstić information content (AvgIpc) is 2.83. The zero-order valence-electron chi connectivity index (χ0n) is 14.1.